The summed E-state index contributed by atoms with van der Waals surface area (Å²) in [5, 5.41) is 12.2. The van der Waals surface area contributed by atoms with E-state index in [0.29, 0.717) is 12.1 Å². The number of carbonyl (C=O) groups is 1. The van der Waals surface area contributed by atoms with Crippen molar-refractivity contribution in [3.8, 4) is 0 Å². The van der Waals surface area contributed by atoms with Gasteiger partial charge in [-0.05, 0) is 31.0 Å². The first-order valence-corrected chi connectivity index (χ1v) is 7.73. The van der Waals surface area contributed by atoms with Gasteiger partial charge in [-0.25, -0.2) is 4.79 Å². The number of pyridine rings is 1. The fraction of sp³-hybridized carbons (Fsp3) is 0.167. The summed E-state index contributed by atoms with van der Waals surface area (Å²) in [5.74, 6) is 0. The predicted molar refractivity (Wildman–Crippen MR) is 92.6 cm³/mol. The smallest absolute Gasteiger partial charge is 0.319 e. The second-order valence-corrected chi connectivity index (χ2v) is 5.58. The molecule has 0 saturated carbocycles. The lowest BCUT2D eigenvalue weighted by Crippen LogP contribution is -2.34. The number of amides is 2. The lowest BCUT2D eigenvalue weighted by atomic mass is 10.0. The molecule has 0 aliphatic carbocycles. The Labute approximate surface area is 140 Å². The Hall–Kier alpha value is -3.15. The van der Waals surface area contributed by atoms with Crippen molar-refractivity contribution in [3.63, 3.8) is 0 Å². The number of hydrogen-bond donors (Lipinski definition) is 3. The Bertz CT molecular complexity index is 769. The molecule has 0 aliphatic rings. The maximum absolute atomic E-state index is 12.2. The highest BCUT2D eigenvalue weighted by atomic mass is 16.2. The molecule has 0 saturated heterocycles. The van der Waals surface area contributed by atoms with E-state index in [0.717, 1.165) is 11.3 Å². The molecule has 0 unspecified atom stereocenters. The molecule has 3 rings (SSSR count). The third-order valence-electron chi connectivity index (χ3n) is 3.67. The number of benzene rings is 1. The largest absolute Gasteiger partial charge is 0.329 e. The molecule has 122 valence electrons. The van der Waals surface area contributed by atoms with Gasteiger partial charge < -0.3 is 10.6 Å². The Morgan fingerprint density at radius 3 is 2.71 bits per heavy atom. The summed E-state index contributed by atoms with van der Waals surface area (Å²) in [6.45, 7) is 2.05. The van der Waals surface area contributed by atoms with E-state index >= 15 is 0 Å². The van der Waals surface area contributed by atoms with Crippen molar-refractivity contribution in [2.45, 2.75) is 19.4 Å². The molecule has 2 heterocycles. The van der Waals surface area contributed by atoms with Gasteiger partial charge >= 0.3 is 6.03 Å². The normalized spacial score (nSPS) is 11.7. The van der Waals surface area contributed by atoms with Crippen LogP contribution < -0.4 is 10.6 Å². The number of rotatable bonds is 5. The fourth-order valence-corrected chi connectivity index (χ4v) is 2.42. The average Bonchev–Trinajstić information content (AvgIpc) is 3.10. The van der Waals surface area contributed by atoms with Crippen molar-refractivity contribution in [2.75, 3.05) is 5.32 Å². The van der Waals surface area contributed by atoms with Crippen molar-refractivity contribution >= 4 is 11.7 Å². The summed E-state index contributed by atoms with van der Waals surface area (Å²) in [4.78, 5) is 16.6. The quantitative estimate of drug-likeness (QED) is 0.675. The van der Waals surface area contributed by atoms with Gasteiger partial charge in [0.05, 0.1) is 23.6 Å². The lowest BCUT2D eigenvalue weighted by Gasteiger charge is -2.18. The zero-order chi connectivity index (χ0) is 16.8. The highest BCUT2D eigenvalue weighted by molar-refractivity contribution is 5.89. The number of hydrogen-bond acceptors (Lipinski definition) is 3. The molecule has 1 aromatic carbocycles. The van der Waals surface area contributed by atoms with Gasteiger partial charge in [0, 0.05) is 12.4 Å². The van der Waals surface area contributed by atoms with Crippen LogP contribution >= 0.6 is 0 Å². The number of H-pyrrole nitrogens is 1. The number of aromatic amines is 1. The SMILES string of the molecule is Cc1ccc(C[C@H](NC(=O)Nc2cn[nH]c2)c2ccccn2)cc1. The maximum Gasteiger partial charge on any atom is 0.319 e. The molecule has 0 spiro atoms. The second kappa shape index (κ2) is 7.41. The molecule has 0 fully saturated rings. The first-order valence-electron chi connectivity index (χ1n) is 7.73. The molecular formula is C18H19N5O. The summed E-state index contributed by atoms with van der Waals surface area (Å²) in [6, 6.07) is 13.4. The topological polar surface area (TPSA) is 82.7 Å². The molecule has 6 nitrogen and oxygen atoms in total. The first kappa shape index (κ1) is 15.7. The summed E-state index contributed by atoms with van der Waals surface area (Å²) in [5.41, 5.74) is 3.78. The van der Waals surface area contributed by atoms with Gasteiger partial charge in [0.2, 0.25) is 0 Å². The van der Waals surface area contributed by atoms with Crippen LogP contribution in [0.4, 0.5) is 10.5 Å². The molecule has 0 radical (unpaired) electrons. The van der Waals surface area contributed by atoms with E-state index in [1.165, 1.54) is 5.56 Å². The molecule has 24 heavy (non-hydrogen) atoms. The van der Waals surface area contributed by atoms with E-state index in [1.54, 1.807) is 18.6 Å². The van der Waals surface area contributed by atoms with E-state index in [9.17, 15) is 4.79 Å². The maximum atomic E-state index is 12.2. The Morgan fingerprint density at radius 2 is 2.04 bits per heavy atom. The fourth-order valence-electron chi connectivity index (χ4n) is 2.42. The van der Waals surface area contributed by atoms with E-state index in [4.69, 9.17) is 0 Å². The standard InChI is InChI=1S/C18H19N5O/c1-13-5-7-14(8-6-13)10-17(16-4-2-3-9-19-16)23-18(24)22-15-11-20-21-12-15/h2-9,11-12,17H,10H2,1H3,(H,20,21)(H2,22,23,24)/t17-/m0/s1. The number of anilines is 1. The molecule has 1 atom stereocenters. The number of urea groups is 1. The van der Waals surface area contributed by atoms with Crippen LogP contribution in [0.25, 0.3) is 0 Å². The minimum Gasteiger partial charge on any atom is -0.329 e. The number of aryl methyl sites for hydroxylation is 1. The van der Waals surface area contributed by atoms with Crippen molar-refractivity contribution in [3.05, 3.63) is 77.9 Å². The van der Waals surface area contributed by atoms with Crippen LogP contribution in [0.3, 0.4) is 0 Å². The third-order valence-corrected chi connectivity index (χ3v) is 3.67. The zero-order valence-electron chi connectivity index (χ0n) is 13.4. The van der Waals surface area contributed by atoms with Gasteiger partial charge in [0.25, 0.3) is 0 Å². The highest BCUT2D eigenvalue weighted by Crippen LogP contribution is 2.17. The Kier molecular flexibility index (Phi) is 4.86. The highest BCUT2D eigenvalue weighted by Gasteiger charge is 2.16. The van der Waals surface area contributed by atoms with Crippen LogP contribution in [-0.2, 0) is 6.42 Å². The minimum absolute atomic E-state index is 0.221. The van der Waals surface area contributed by atoms with E-state index < -0.39 is 0 Å². The summed E-state index contributed by atoms with van der Waals surface area (Å²) >= 11 is 0. The van der Waals surface area contributed by atoms with Crippen LogP contribution in [0.1, 0.15) is 22.9 Å². The van der Waals surface area contributed by atoms with Crippen LogP contribution in [-0.4, -0.2) is 21.2 Å². The van der Waals surface area contributed by atoms with Crippen molar-refractivity contribution in [1.82, 2.24) is 20.5 Å². The molecule has 2 amide bonds. The monoisotopic (exact) mass is 321 g/mol. The summed E-state index contributed by atoms with van der Waals surface area (Å²) < 4.78 is 0. The van der Waals surface area contributed by atoms with Gasteiger partial charge in [-0.1, -0.05) is 35.9 Å². The van der Waals surface area contributed by atoms with Gasteiger partial charge in [-0.3, -0.25) is 10.1 Å². The average molecular weight is 321 g/mol. The Morgan fingerprint density at radius 1 is 1.21 bits per heavy atom. The van der Waals surface area contributed by atoms with Crippen molar-refractivity contribution in [1.29, 1.82) is 0 Å². The Balaban J connectivity index is 1.74. The van der Waals surface area contributed by atoms with Gasteiger partial charge in [0.15, 0.2) is 0 Å². The summed E-state index contributed by atoms with van der Waals surface area (Å²) in [7, 11) is 0. The molecule has 6 heteroatoms. The van der Waals surface area contributed by atoms with E-state index in [-0.39, 0.29) is 12.1 Å². The molecule has 0 bridgehead atoms. The van der Waals surface area contributed by atoms with E-state index in [2.05, 4.69) is 57.0 Å². The molecular weight excluding hydrogens is 302 g/mol. The van der Waals surface area contributed by atoms with Gasteiger partial charge in [0.1, 0.15) is 0 Å². The van der Waals surface area contributed by atoms with Crippen molar-refractivity contribution < 1.29 is 4.79 Å². The predicted octanol–water partition coefficient (Wildman–Crippen LogP) is 3.22. The molecule has 0 aliphatic heterocycles. The minimum atomic E-state index is -0.292. The van der Waals surface area contributed by atoms with Crippen molar-refractivity contribution in [2.24, 2.45) is 0 Å². The van der Waals surface area contributed by atoms with Crippen LogP contribution in [0.5, 0.6) is 0 Å². The number of aromatic nitrogens is 3. The first-order chi connectivity index (χ1) is 11.7. The second-order valence-electron chi connectivity index (χ2n) is 5.58. The third kappa shape index (κ3) is 4.19. The van der Waals surface area contributed by atoms with Gasteiger partial charge in [-0.2, -0.15) is 5.10 Å². The van der Waals surface area contributed by atoms with Crippen LogP contribution in [0, 0.1) is 6.92 Å². The van der Waals surface area contributed by atoms with Crippen LogP contribution in [0.15, 0.2) is 61.1 Å². The number of nitrogens with one attached hydrogen (secondary N) is 3. The number of carbonyl (C=O) groups excluding carboxylic acids is 1. The zero-order valence-corrected chi connectivity index (χ0v) is 13.4. The van der Waals surface area contributed by atoms with Gasteiger partial charge in [-0.15, -0.1) is 0 Å². The van der Waals surface area contributed by atoms with E-state index in [1.807, 2.05) is 18.2 Å². The number of nitrogens with zero attached hydrogens (tertiary/aromatic N) is 2. The molecule has 3 aromatic rings. The molecule has 3 N–H and O–H groups in total. The molecule has 2 aromatic heterocycles. The summed E-state index contributed by atoms with van der Waals surface area (Å²) in [6.07, 6.45) is 5.56. The lowest BCUT2D eigenvalue weighted by molar-refractivity contribution is 0.248. The van der Waals surface area contributed by atoms with Crippen LogP contribution in [0.2, 0.25) is 0 Å².